The van der Waals surface area contributed by atoms with E-state index in [9.17, 15) is 4.79 Å². The molecule has 8 heteroatoms. The molecule has 0 aliphatic carbocycles. The van der Waals surface area contributed by atoms with Gasteiger partial charge in [-0.15, -0.1) is 5.26 Å². The minimum absolute atomic E-state index is 0.139. The van der Waals surface area contributed by atoms with Gasteiger partial charge in [0.15, 0.2) is 5.15 Å². The molecule has 2 aromatic rings. The van der Waals surface area contributed by atoms with Crippen LogP contribution in [0.4, 0.5) is 21.9 Å². The number of benzene rings is 1. The molecular formula is C13H10ClN5O2. The van der Waals surface area contributed by atoms with Crippen molar-refractivity contribution in [2.75, 3.05) is 10.6 Å². The van der Waals surface area contributed by atoms with Crippen molar-refractivity contribution in [2.45, 2.75) is 0 Å². The van der Waals surface area contributed by atoms with Gasteiger partial charge in [-0.2, -0.15) is 5.48 Å². The Morgan fingerprint density at radius 1 is 1.38 bits per heavy atom. The number of carbonyl (C=O) groups excluding carboxylic acids is 1. The number of rotatable bonds is 3. The molecule has 21 heavy (non-hydrogen) atoms. The van der Waals surface area contributed by atoms with Crippen LogP contribution in [0.2, 0.25) is 5.15 Å². The number of urea groups is 1. The van der Waals surface area contributed by atoms with Gasteiger partial charge in [0.1, 0.15) is 0 Å². The highest BCUT2D eigenvalue weighted by atomic mass is 35.5. The fraction of sp³-hybridized carbons (Fsp3) is 0. The van der Waals surface area contributed by atoms with Crippen LogP contribution in [0.3, 0.4) is 0 Å². The molecule has 1 aromatic carbocycles. The quantitative estimate of drug-likeness (QED) is 0.515. The summed E-state index contributed by atoms with van der Waals surface area (Å²) in [5.41, 5.74) is 8.83. The number of nitrogens with zero attached hydrogens (tertiary/aromatic N) is 3. The van der Waals surface area contributed by atoms with Crippen LogP contribution >= 0.6 is 11.6 Å². The van der Waals surface area contributed by atoms with E-state index in [0.717, 1.165) is 0 Å². The van der Waals surface area contributed by atoms with Crippen LogP contribution in [0.1, 0.15) is 0 Å². The third-order valence-electron chi connectivity index (χ3n) is 2.51. The molecule has 2 amide bonds. The average molecular weight is 304 g/mol. The molecule has 0 aliphatic heterocycles. The van der Waals surface area contributed by atoms with Crippen molar-refractivity contribution in [2.24, 2.45) is 0 Å². The molecule has 0 aliphatic rings. The average Bonchev–Trinajstić information content (AvgIpc) is 2.50. The van der Waals surface area contributed by atoms with E-state index in [4.69, 9.17) is 22.6 Å². The van der Waals surface area contributed by atoms with Gasteiger partial charge in [0.05, 0.1) is 23.3 Å². The van der Waals surface area contributed by atoms with Crippen LogP contribution in [0.15, 0.2) is 42.6 Å². The number of nitrogens with two attached hydrogens (primary N) is 1. The summed E-state index contributed by atoms with van der Waals surface area (Å²) in [6.45, 7) is 0. The van der Waals surface area contributed by atoms with Crippen LogP contribution in [0.5, 0.6) is 0 Å². The lowest BCUT2D eigenvalue weighted by atomic mass is 10.2. The number of aromatic nitrogens is 1. The fourth-order valence-corrected chi connectivity index (χ4v) is 1.75. The van der Waals surface area contributed by atoms with Crippen molar-refractivity contribution in [3.63, 3.8) is 0 Å². The SMILES string of the molecule is N#CONC(=O)N(c1ccccc1)c1cnc(Cl)c(N)c1. The Bertz CT molecular complexity index is 687. The lowest BCUT2D eigenvalue weighted by Gasteiger charge is -2.22. The van der Waals surface area contributed by atoms with Crippen molar-refractivity contribution in [1.82, 2.24) is 10.5 Å². The highest BCUT2D eigenvalue weighted by molar-refractivity contribution is 6.31. The number of hydrogen-bond donors (Lipinski definition) is 2. The maximum absolute atomic E-state index is 12.1. The summed E-state index contributed by atoms with van der Waals surface area (Å²) in [7, 11) is 0. The Morgan fingerprint density at radius 3 is 2.71 bits per heavy atom. The molecule has 106 valence electrons. The Labute approximate surface area is 125 Å². The van der Waals surface area contributed by atoms with Crippen molar-refractivity contribution in [1.29, 1.82) is 5.26 Å². The first-order valence-corrected chi connectivity index (χ1v) is 6.12. The van der Waals surface area contributed by atoms with Gasteiger partial charge in [0.25, 0.3) is 0 Å². The topological polar surface area (TPSA) is 104 Å². The van der Waals surface area contributed by atoms with E-state index in [1.807, 2.05) is 5.48 Å². The molecule has 0 bridgehead atoms. The van der Waals surface area contributed by atoms with Gasteiger partial charge >= 0.3 is 12.3 Å². The lowest BCUT2D eigenvalue weighted by molar-refractivity contribution is 0.159. The number of nitrogen functional groups attached to an aromatic ring is 1. The lowest BCUT2D eigenvalue weighted by Crippen LogP contribution is -2.36. The van der Waals surface area contributed by atoms with Gasteiger partial charge in [-0.3, -0.25) is 9.74 Å². The minimum Gasteiger partial charge on any atom is -0.396 e. The maximum Gasteiger partial charge on any atom is 0.360 e. The molecule has 0 radical (unpaired) electrons. The zero-order valence-corrected chi connectivity index (χ0v) is 11.4. The Kier molecular flexibility index (Phi) is 4.43. The number of nitriles is 1. The number of amides is 2. The molecule has 7 nitrogen and oxygen atoms in total. The van der Waals surface area contributed by atoms with Crippen LogP contribution in [0, 0.1) is 11.5 Å². The molecule has 0 saturated carbocycles. The summed E-state index contributed by atoms with van der Waals surface area (Å²) in [4.78, 5) is 21.5. The number of pyridine rings is 1. The number of halogens is 1. The summed E-state index contributed by atoms with van der Waals surface area (Å²) >= 11 is 5.77. The second-order valence-electron chi connectivity index (χ2n) is 3.85. The smallest absolute Gasteiger partial charge is 0.360 e. The summed E-state index contributed by atoms with van der Waals surface area (Å²) < 4.78 is 0. The molecule has 1 heterocycles. The first kappa shape index (κ1) is 14.4. The molecule has 2 rings (SSSR count). The van der Waals surface area contributed by atoms with Gasteiger partial charge < -0.3 is 5.73 Å². The van der Waals surface area contributed by atoms with Gasteiger partial charge in [-0.05, 0) is 18.2 Å². The first-order valence-electron chi connectivity index (χ1n) is 5.74. The number of hydroxylamine groups is 1. The Hall–Kier alpha value is -2.98. The largest absolute Gasteiger partial charge is 0.396 e. The Morgan fingerprint density at radius 2 is 2.10 bits per heavy atom. The standard InChI is InChI=1S/C13H10ClN5O2/c14-12-11(16)6-10(7-17-12)19(13(20)18-21-8-15)9-4-2-1-3-5-9/h1-7H,16H2,(H,18,20). The number of carbonyl (C=O) groups is 1. The molecule has 0 fully saturated rings. The van der Waals surface area contributed by atoms with E-state index in [2.05, 4.69) is 9.82 Å². The van der Waals surface area contributed by atoms with Crippen LogP contribution in [-0.2, 0) is 4.84 Å². The zero-order chi connectivity index (χ0) is 15.2. The highest BCUT2D eigenvalue weighted by Crippen LogP contribution is 2.28. The van der Waals surface area contributed by atoms with Crippen molar-refractivity contribution >= 4 is 34.7 Å². The van der Waals surface area contributed by atoms with E-state index in [1.54, 1.807) is 30.3 Å². The van der Waals surface area contributed by atoms with Gasteiger partial charge in [-0.25, -0.2) is 9.78 Å². The molecule has 0 atom stereocenters. The summed E-state index contributed by atoms with van der Waals surface area (Å²) in [6.07, 6.45) is 2.74. The van der Waals surface area contributed by atoms with Crippen LogP contribution in [-0.4, -0.2) is 11.0 Å². The molecular weight excluding hydrogens is 294 g/mol. The number of hydrogen-bond acceptors (Lipinski definition) is 5. The fourth-order valence-electron chi connectivity index (χ4n) is 1.65. The molecule has 0 unspecified atom stereocenters. The van der Waals surface area contributed by atoms with Crippen molar-refractivity contribution < 1.29 is 9.63 Å². The van der Waals surface area contributed by atoms with Gasteiger partial charge in [0.2, 0.25) is 0 Å². The molecule has 0 saturated heterocycles. The summed E-state index contributed by atoms with van der Waals surface area (Å²) in [6, 6.07) is 9.55. The third-order valence-corrected chi connectivity index (χ3v) is 2.83. The normalized spacial score (nSPS) is 9.52. The highest BCUT2D eigenvalue weighted by Gasteiger charge is 2.19. The second-order valence-corrected chi connectivity index (χ2v) is 4.20. The zero-order valence-electron chi connectivity index (χ0n) is 10.7. The maximum atomic E-state index is 12.1. The monoisotopic (exact) mass is 303 g/mol. The van der Waals surface area contributed by atoms with E-state index < -0.39 is 6.03 Å². The molecule has 3 N–H and O–H groups in total. The van der Waals surface area contributed by atoms with E-state index in [-0.39, 0.29) is 10.8 Å². The molecule has 1 aromatic heterocycles. The number of anilines is 3. The predicted molar refractivity (Wildman–Crippen MR) is 77.5 cm³/mol. The van der Waals surface area contributed by atoms with Crippen LogP contribution in [0.25, 0.3) is 0 Å². The van der Waals surface area contributed by atoms with E-state index >= 15 is 0 Å². The van der Waals surface area contributed by atoms with Crippen molar-refractivity contribution in [3.05, 3.63) is 47.7 Å². The van der Waals surface area contributed by atoms with E-state index in [0.29, 0.717) is 11.4 Å². The second kappa shape index (κ2) is 6.45. The minimum atomic E-state index is -0.675. The van der Waals surface area contributed by atoms with Crippen molar-refractivity contribution in [3.8, 4) is 6.26 Å². The van der Waals surface area contributed by atoms with Gasteiger partial charge in [0, 0.05) is 0 Å². The Balaban J connectivity index is 2.43. The van der Waals surface area contributed by atoms with Gasteiger partial charge in [-0.1, -0.05) is 29.8 Å². The van der Waals surface area contributed by atoms with Crippen LogP contribution < -0.4 is 16.1 Å². The van der Waals surface area contributed by atoms with E-state index in [1.165, 1.54) is 23.4 Å². The molecule has 0 spiro atoms. The third kappa shape index (κ3) is 3.32. The predicted octanol–water partition coefficient (Wildman–Crippen LogP) is 2.58. The summed E-state index contributed by atoms with van der Waals surface area (Å²) in [5.74, 6) is 0. The number of nitrogens with one attached hydrogen (secondary N) is 1. The summed E-state index contributed by atoms with van der Waals surface area (Å²) in [5, 5.41) is 8.50. The first-order chi connectivity index (χ1) is 10.1. The number of para-hydroxylation sites is 1.